The number of carbonyl (C=O) groups excluding carboxylic acids is 1. The normalized spacial score (nSPS) is 15.4. The predicted molar refractivity (Wildman–Crippen MR) is 130 cm³/mol. The van der Waals surface area contributed by atoms with Gasteiger partial charge in [-0.15, -0.1) is 0 Å². The highest BCUT2D eigenvalue weighted by molar-refractivity contribution is 14.1. The molecule has 9 heteroatoms. The van der Waals surface area contributed by atoms with Crippen molar-refractivity contribution in [3.8, 4) is 5.75 Å². The first kappa shape index (κ1) is 22.7. The molecule has 1 aliphatic rings. The van der Waals surface area contributed by atoms with Crippen LogP contribution in [0.5, 0.6) is 5.75 Å². The average molecular weight is 737 g/mol. The van der Waals surface area contributed by atoms with E-state index >= 15 is 0 Å². The van der Waals surface area contributed by atoms with Crippen LogP contribution in [0.4, 0.5) is 0 Å². The smallest absolute Gasteiger partial charge is 0.343 e. The van der Waals surface area contributed by atoms with Gasteiger partial charge in [0, 0.05) is 3.57 Å². The molecule has 0 aliphatic heterocycles. The fourth-order valence-electron chi connectivity index (χ4n) is 3.41. The van der Waals surface area contributed by atoms with Gasteiger partial charge in [0.15, 0.2) is 5.75 Å². The highest BCUT2D eigenvalue weighted by Gasteiger charge is 2.23. The van der Waals surface area contributed by atoms with Gasteiger partial charge in [0.25, 0.3) is 0 Å². The first-order valence-corrected chi connectivity index (χ1v) is 13.3. The summed E-state index contributed by atoms with van der Waals surface area (Å²) < 4.78 is 43.4. The maximum Gasteiger partial charge on any atom is 0.343 e. The van der Waals surface area contributed by atoms with Crippen LogP contribution >= 0.6 is 67.8 Å². The van der Waals surface area contributed by atoms with Gasteiger partial charge in [-0.3, -0.25) is 0 Å². The highest BCUT2D eigenvalue weighted by atomic mass is 127. The molecule has 0 heterocycles. The summed E-state index contributed by atoms with van der Waals surface area (Å²) in [5.74, 6) is -0.117. The van der Waals surface area contributed by atoms with E-state index in [0.29, 0.717) is 11.3 Å². The molecule has 28 heavy (non-hydrogen) atoms. The highest BCUT2D eigenvalue weighted by Crippen LogP contribution is 2.37. The van der Waals surface area contributed by atoms with Crippen LogP contribution < -0.4 is 4.74 Å². The minimum atomic E-state index is -4.61. The van der Waals surface area contributed by atoms with Crippen molar-refractivity contribution in [2.24, 2.45) is 0 Å². The Kier molecular flexibility index (Phi) is 7.64. The Hall–Kier alpha value is 0.01000. The van der Waals surface area contributed by atoms with Gasteiger partial charge in [-0.25, -0.2) is 13.2 Å². The maximum absolute atomic E-state index is 12.7. The Balaban J connectivity index is 1.97. The summed E-state index contributed by atoms with van der Waals surface area (Å²) in [6, 6.07) is 7.94. The fourth-order valence-corrected chi connectivity index (χ4v) is 7.97. The molecule has 150 valence electrons. The van der Waals surface area contributed by atoms with E-state index in [1.54, 1.807) is 0 Å². The summed E-state index contributed by atoms with van der Waals surface area (Å²) in [6.45, 7) is 0. The predicted octanol–water partition coefficient (Wildman–Crippen LogP) is 5.67. The van der Waals surface area contributed by atoms with Crippen molar-refractivity contribution >= 4 is 83.9 Å². The second kappa shape index (κ2) is 9.43. The molecule has 2 aromatic rings. The van der Waals surface area contributed by atoms with E-state index in [2.05, 4.69) is 67.8 Å². The quantitative estimate of drug-likeness (QED) is 0.175. The van der Waals surface area contributed by atoms with E-state index in [4.69, 9.17) is 4.74 Å². The lowest BCUT2D eigenvalue weighted by molar-refractivity contribution is 0.0731. The molecule has 0 atom stereocenters. The number of esters is 1. The van der Waals surface area contributed by atoms with Gasteiger partial charge >= 0.3 is 5.97 Å². The number of halogens is 3. The molecule has 0 bridgehead atoms. The molecule has 0 amide bonds. The van der Waals surface area contributed by atoms with Gasteiger partial charge in [-0.05, 0) is 122 Å². The van der Waals surface area contributed by atoms with Gasteiger partial charge in [0.1, 0.15) is 10.1 Å². The van der Waals surface area contributed by atoms with Crippen molar-refractivity contribution in [2.45, 2.75) is 42.9 Å². The molecule has 1 saturated carbocycles. The molecule has 2 aromatic carbocycles. The summed E-state index contributed by atoms with van der Waals surface area (Å²) in [7, 11) is -4.61. The monoisotopic (exact) mass is 737 g/mol. The molecule has 3 rings (SSSR count). The standard InChI is InChI=1S/C19H17I3O5S/c20-13-9-15(21)18(16(22)10-13)27-19(23)12-6-7-17(28(24,25)26)14(8-12)11-4-2-1-3-5-11/h6-11H,1-5H2,(H,24,25,26)/p-1. The third-order valence-corrected chi connectivity index (χ3v) is 7.85. The van der Waals surface area contributed by atoms with Crippen molar-refractivity contribution in [3.63, 3.8) is 0 Å². The Labute approximate surface area is 205 Å². The topological polar surface area (TPSA) is 83.5 Å². The van der Waals surface area contributed by atoms with E-state index in [1.165, 1.54) is 18.2 Å². The second-order valence-corrected chi connectivity index (χ2v) is 11.5. The van der Waals surface area contributed by atoms with Gasteiger partial charge in [0.2, 0.25) is 0 Å². The maximum atomic E-state index is 12.7. The molecule has 0 aromatic heterocycles. The van der Waals surface area contributed by atoms with Crippen LogP contribution in [0.3, 0.4) is 0 Å². The number of hydrogen-bond acceptors (Lipinski definition) is 5. The number of hydrogen-bond donors (Lipinski definition) is 0. The molecule has 0 spiro atoms. The van der Waals surface area contributed by atoms with E-state index < -0.39 is 16.1 Å². The molecule has 0 unspecified atom stereocenters. The second-order valence-electron chi connectivity index (χ2n) is 6.63. The molecule has 1 fully saturated rings. The van der Waals surface area contributed by atoms with Crippen LogP contribution in [-0.4, -0.2) is 18.9 Å². The van der Waals surface area contributed by atoms with Crippen molar-refractivity contribution in [1.29, 1.82) is 0 Å². The number of benzene rings is 2. The van der Waals surface area contributed by atoms with Crippen LogP contribution in [0, 0.1) is 10.7 Å². The summed E-state index contributed by atoms with van der Waals surface area (Å²) in [5, 5.41) is 0. The lowest BCUT2D eigenvalue weighted by Crippen LogP contribution is -2.15. The van der Waals surface area contributed by atoms with Crippen LogP contribution in [0.15, 0.2) is 35.2 Å². The average Bonchev–Trinajstić information content (AvgIpc) is 2.64. The van der Waals surface area contributed by atoms with Crippen LogP contribution in [0.2, 0.25) is 0 Å². The molecule has 0 saturated heterocycles. The van der Waals surface area contributed by atoms with Crippen molar-refractivity contribution in [1.82, 2.24) is 0 Å². The van der Waals surface area contributed by atoms with Gasteiger partial charge in [0.05, 0.1) is 17.6 Å². The Morgan fingerprint density at radius 1 is 1.00 bits per heavy atom. The number of carbonyl (C=O) groups is 1. The largest absolute Gasteiger partial charge is 0.744 e. The van der Waals surface area contributed by atoms with Crippen molar-refractivity contribution in [2.75, 3.05) is 0 Å². The Morgan fingerprint density at radius 3 is 2.18 bits per heavy atom. The van der Waals surface area contributed by atoms with Crippen LogP contribution in [-0.2, 0) is 10.1 Å². The minimum Gasteiger partial charge on any atom is -0.744 e. The van der Waals surface area contributed by atoms with Crippen molar-refractivity contribution in [3.05, 3.63) is 52.2 Å². The van der Waals surface area contributed by atoms with Crippen LogP contribution in [0.1, 0.15) is 53.9 Å². The summed E-state index contributed by atoms with van der Waals surface area (Å²) in [4.78, 5) is 12.5. The molecule has 5 nitrogen and oxygen atoms in total. The van der Waals surface area contributed by atoms with Gasteiger partial charge in [-0.1, -0.05) is 19.3 Å². The molecule has 0 N–H and O–H groups in total. The lowest BCUT2D eigenvalue weighted by Gasteiger charge is -2.25. The summed E-state index contributed by atoms with van der Waals surface area (Å²) in [6.07, 6.45) is 4.69. The first-order chi connectivity index (χ1) is 13.2. The molecular formula is C19H16I3O5S-. The van der Waals surface area contributed by atoms with E-state index in [1.807, 2.05) is 12.1 Å². The third kappa shape index (κ3) is 5.38. The van der Waals surface area contributed by atoms with E-state index in [0.717, 1.165) is 42.8 Å². The molecular weight excluding hydrogens is 721 g/mol. The third-order valence-electron chi connectivity index (χ3n) is 4.72. The summed E-state index contributed by atoms with van der Waals surface area (Å²) in [5.41, 5.74) is 0.689. The lowest BCUT2D eigenvalue weighted by atomic mass is 9.83. The Bertz CT molecular complexity index is 991. The molecule has 0 radical (unpaired) electrons. The van der Waals surface area contributed by atoms with E-state index in [-0.39, 0.29) is 16.4 Å². The minimum absolute atomic E-state index is 0.0289. The zero-order valence-electron chi connectivity index (χ0n) is 14.6. The Morgan fingerprint density at radius 2 is 1.61 bits per heavy atom. The zero-order valence-corrected chi connectivity index (χ0v) is 21.9. The van der Waals surface area contributed by atoms with Gasteiger partial charge in [-0.2, -0.15) is 0 Å². The van der Waals surface area contributed by atoms with Crippen LogP contribution in [0.25, 0.3) is 0 Å². The summed E-state index contributed by atoms with van der Waals surface area (Å²) >= 11 is 6.43. The van der Waals surface area contributed by atoms with Crippen molar-refractivity contribution < 1.29 is 22.5 Å². The van der Waals surface area contributed by atoms with Gasteiger partial charge < -0.3 is 9.29 Å². The molecule has 1 aliphatic carbocycles. The first-order valence-electron chi connectivity index (χ1n) is 8.63. The number of rotatable bonds is 4. The fraction of sp³-hybridized carbons (Fsp3) is 0.316. The van der Waals surface area contributed by atoms with E-state index in [9.17, 15) is 17.8 Å². The zero-order chi connectivity index (χ0) is 20.5. The SMILES string of the molecule is O=C(Oc1c(I)cc(I)cc1I)c1ccc(S(=O)(=O)[O-])c(C2CCCCC2)c1. The number of ether oxygens (including phenoxy) is 1.